The maximum Gasteiger partial charge on any atom is 0.251 e. The van der Waals surface area contributed by atoms with E-state index in [1.54, 1.807) is 36.4 Å². The zero-order valence-electron chi connectivity index (χ0n) is 13.5. The normalized spacial score (nSPS) is 11.6. The quantitative estimate of drug-likeness (QED) is 0.869. The number of hydrogen-bond acceptors (Lipinski definition) is 4. The molecule has 0 aliphatic rings. The fraction of sp³-hybridized carbons (Fsp3) is 0.222. The Labute approximate surface area is 145 Å². The van der Waals surface area contributed by atoms with E-state index in [2.05, 4.69) is 5.32 Å². The summed E-state index contributed by atoms with van der Waals surface area (Å²) in [6.45, 7) is 0. The molecule has 2 aromatic rings. The monoisotopic (exact) mass is 345 g/mol. The van der Waals surface area contributed by atoms with Gasteiger partial charge in [0.15, 0.2) is 0 Å². The number of aliphatic carboxylic acids is 1. The van der Waals surface area contributed by atoms with Crippen molar-refractivity contribution in [3.63, 3.8) is 0 Å². The highest BCUT2D eigenvalue weighted by Crippen LogP contribution is 2.21. The molecule has 0 aromatic heterocycles. The van der Waals surface area contributed by atoms with Gasteiger partial charge in [-0.2, -0.15) is 0 Å². The third-order valence-corrected chi connectivity index (χ3v) is 3.85. The smallest absolute Gasteiger partial charge is 0.251 e. The molecule has 1 N–H and O–H groups in total. The lowest BCUT2D eigenvalue weighted by Crippen LogP contribution is -2.34. The molecular formula is C18H18ClN2O3-. The first-order valence-corrected chi connectivity index (χ1v) is 7.78. The molecule has 2 rings (SSSR count). The van der Waals surface area contributed by atoms with Gasteiger partial charge in [-0.3, -0.25) is 4.79 Å². The Hall–Kier alpha value is -2.53. The molecule has 1 unspecified atom stereocenters. The molecule has 5 nitrogen and oxygen atoms in total. The zero-order chi connectivity index (χ0) is 17.7. The Bertz CT molecular complexity index is 712. The Morgan fingerprint density at radius 3 is 2.17 bits per heavy atom. The number of benzene rings is 2. The van der Waals surface area contributed by atoms with Gasteiger partial charge in [0, 0.05) is 42.8 Å². The molecule has 0 spiro atoms. The molecule has 126 valence electrons. The van der Waals surface area contributed by atoms with Crippen LogP contribution in [0.25, 0.3) is 0 Å². The summed E-state index contributed by atoms with van der Waals surface area (Å²) in [6, 6.07) is 13.0. The van der Waals surface area contributed by atoms with Gasteiger partial charge >= 0.3 is 0 Å². The number of carboxylic acid groups (broad SMARTS) is 1. The summed E-state index contributed by atoms with van der Waals surface area (Å²) in [4.78, 5) is 25.3. The molecule has 0 saturated heterocycles. The summed E-state index contributed by atoms with van der Waals surface area (Å²) in [5.74, 6) is -1.59. The molecule has 0 heterocycles. The predicted octanol–water partition coefficient (Wildman–Crippen LogP) is 2.02. The first-order chi connectivity index (χ1) is 11.4. The van der Waals surface area contributed by atoms with Crippen molar-refractivity contribution in [1.82, 2.24) is 5.32 Å². The number of nitrogens with zero attached hydrogens (tertiary/aromatic N) is 1. The van der Waals surface area contributed by atoms with Gasteiger partial charge < -0.3 is 20.1 Å². The van der Waals surface area contributed by atoms with E-state index in [1.807, 2.05) is 31.1 Å². The van der Waals surface area contributed by atoms with E-state index in [1.165, 1.54) is 0 Å². The topological polar surface area (TPSA) is 72.5 Å². The van der Waals surface area contributed by atoms with Crippen LogP contribution in [-0.4, -0.2) is 26.0 Å². The van der Waals surface area contributed by atoms with Crippen molar-refractivity contribution in [3.8, 4) is 0 Å². The van der Waals surface area contributed by atoms with Crippen LogP contribution in [0.4, 0.5) is 5.69 Å². The first kappa shape index (κ1) is 17.8. The SMILES string of the molecule is CN(C)c1ccc(C(CC(=O)[O-])NC(=O)c2ccc(Cl)cc2)cc1. The van der Waals surface area contributed by atoms with Crippen LogP contribution >= 0.6 is 11.6 Å². The molecule has 0 bridgehead atoms. The lowest BCUT2D eigenvalue weighted by molar-refractivity contribution is -0.306. The van der Waals surface area contributed by atoms with Crippen molar-refractivity contribution in [2.75, 3.05) is 19.0 Å². The van der Waals surface area contributed by atoms with E-state index in [0.29, 0.717) is 16.1 Å². The molecule has 6 heteroatoms. The van der Waals surface area contributed by atoms with Crippen molar-refractivity contribution in [1.29, 1.82) is 0 Å². The van der Waals surface area contributed by atoms with Gasteiger partial charge in [-0.1, -0.05) is 23.7 Å². The van der Waals surface area contributed by atoms with E-state index in [-0.39, 0.29) is 12.3 Å². The summed E-state index contributed by atoms with van der Waals surface area (Å²) in [5.41, 5.74) is 2.09. The lowest BCUT2D eigenvalue weighted by atomic mass is 10.0. The van der Waals surface area contributed by atoms with Gasteiger partial charge in [-0.25, -0.2) is 0 Å². The molecular weight excluding hydrogens is 328 g/mol. The molecule has 0 aliphatic carbocycles. The molecule has 0 aliphatic heterocycles. The second-order valence-corrected chi connectivity index (χ2v) is 6.03. The first-order valence-electron chi connectivity index (χ1n) is 7.40. The van der Waals surface area contributed by atoms with Gasteiger partial charge in [-0.05, 0) is 42.0 Å². The standard InChI is InChI=1S/C18H19ClN2O3/c1-21(2)15-9-5-12(6-10-15)16(11-17(22)23)20-18(24)13-3-7-14(19)8-4-13/h3-10,16H,11H2,1-2H3,(H,20,24)(H,22,23)/p-1. The molecule has 1 atom stereocenters. The van der Waals surface area contributed by atoms with Gasteiger partial charge in [0.05, 0.1) is 6.04 Å². The lowest BCUT2D eigenvalue weighted by Gasteiger charge is -2.21. The average Bonchev–Trinajstić information content (AvgIpc) is 2.54. The summed E-state index contributed by atoms with van der Waals surface area (Å²) in [6.07, 6.45) is -0.305. The second kappa shape index (κ2) is 7.84. The molecule has 1 amide bonds. The van der Waals surface area contributed by atoms with Crippen molar-refractivity contribution in [3.05, 3.63) is 64.7 Å². The number of anilines is 1. The highest BCUT2D eigenvalue weighted by atomic mass is 35.5. The number of carbonyl (C=O) groups excluding carboxylic acids is 2. The number of carbonyl (C=O) groups is 2. The largest absolute Gasteiger partial charge is 0.550 e. The van der Waals surface area contributed by atoms with Crippen LogP contribution in [0.2, 0.25) is 5.02 Å². The summed E-state index contributed by atoms with van der Waals surface area (Å²) in [7, 11) is 3.83. The van der Waals surface area contributed by atoms with Crippen LogP contribution < -0.4 is 15.3 Å². The Morgan fingerprint density at radius 2 is 1.67 bits per heavy atom. The van der Waals surface area contributed by atoms with Crippen LogP contribution in [0.15, 0.2) is 48.5 Å². The van der Waals surface area contributed by atoms with Crippen molar-refractivity contribution >= 4 is 29.2 Å². The highest BCUT2D eigenvalue weighted by molar-refractivity contribution is 6.30. The second-order valence-electron chi connectivity index (χ2n) is 5.60. The number of rotatable bonds is 6. The van der Waals surface area contributed by atoms with Gasteiger partial charge in [0.25, 0.3) is 5.91 Å². The van der Waals surface area contributed by atoms with Crippen LogP contribution in [0, 0.1) is 0 Å². The minimum absolute atomic E-state index is 0.305. The third kappa shape index (κ3) is 4.73. The minimum atomic E-state index is -1.23. The summed E-state index contributed by atoms with van der Waals surface area (Å²) >= 11 is 5.81. The van der Waals surface area contributed by atoms with Crippen molar-refractivity contribution < 1.29 is 14.7 Å². The van der Waals surface area contributed by atoms with E-state index in [4.69, 9.17) is 11.6 Å². The highest BCUT2D eigenvalue weighted by Gasteiger charge is 2.16. The molecule has 24 heavy (non-hydrogen) atoms. The van der Waals surface area contributed by atoms with E-state index in [0.717, 1.165) is 5.69 Å². The maximum absolute atomic E-state index is 12.3. The van der Waals surface area contributed by atoms with Gasteiger partial charge in [0.2, 0.25) is 0 Å². The number of nitrogens with one attached hydrogen (secondary N) is 1. The predicted molar refractivity (Wildman–Crippen MR) is 92.1 cm³/mol. The van der Waals surface area contributed by atoms with Crippen molar-refractivity contribution in [2.24, 2.45) is 0 Å². The molecule has 0 radical (unpaired) electrons. The number of halogens is 1. The molecule has 0 fully saturated rings. The number of amides is 1. The summed E-state index contributed by atoms with van der Waals surface area (Å²) in [5, 5.41) is 14.3. The maximum atomic E-state index is 12.3. The zero-order valence-corrected chi connectivity index (χ0v) is 14.2. The van der Waals surface area contributed by atoms with E-state index in [9.17, 15) is 14.7 Å². The Kier molecular flexibility index (Phi) is 5.82. The number of carboxylic acids is 1. The van der Waals surface area contributed by atoms with E-state index >= 15 is 0 Å². The van der Waals surface area contributed by atoms with Gasteiger partial charge in [-0.15, -0.1) is 0 Å². The van der Waals surface area contributed by atoms with Crippen LogP contribution in [0.5, 0.6) is 0 Å². The molecule has 2 aromatic carbocycles. The van der Waals surface area contributed by atoms with Crippen molar-refractivity contribution in [2.45, 2.75) is 12.5 Å². The summed E-state index contributed by atoms with van der Waals surface area (Å²) < 4.78 is 0. The molecule has 0 saturated carbocycles. The Morgan fingerprint density at radius 1 is 1.08 bits per heavy atom. The van der Waals surface area contributed by atoms with Crippen LogP contribution in [0.3, 0.4) is 0 Å². The van der Waals surface area contributed by atoms with E-state index < -0.39 is 12.0 Å². The fourth-order valence-corrected chi connectivity index (χ4v) is 2.39. The van der Waals surface area contributed by atoms with Crippen LogP contribution in [0.1, 0.15) is 28.4 Å². The number of hydrogen-bond donors (Lipinski definition) is 1. The van der Waals surface area contributed by atoms with Gasteiger partial charge in [0.1, 0.15) is 0 Å². The third-order valence-electron chi connectivity index (χ3n) is 3.59. The Balaban J connectivity index is 2.20. The minimum Gasteiger partial charge on any atom is -0.550 e. The average molecular weight is 346 g/mol. The van der Waals surface area contributed by atoms with Crippen LogP contribution in [-0.2, 0) is 4.79 Å². The fourth-order valence-electron chi connectivity index (χ4n) is 2.27.